The fourth-order valence-electron chi connectivity index (χ4n) is 2.61. The van der Waals surface area contributed by atoms with Crippen LogP contribution in [0.5, 0.6) is 6.01 Å². The van der Waals surface area contributed by atoms with E-state index in [1.165, 1.54) is 24.0 Å². The van der Waals surface area contributed by atoms with Crippen LogP contribution in [0.3, 0.4) is 0 Å². The van der Waals surface area contributed by atoms with E-state index in [2.05, 4.69) is 32.2 Å². The molecule has 0 atom stereocenters. The first-order chi connectivity index (χ1) is 11.7. The zero-order valence-electron chi connectivity index (χ0n) is 14.0. The normalized spacial score (nSPS) is 14.2. The van der Waals surface area contributed by atoms with Crippen LogP contribution in [-0.4, -0.2) is 28.5 Å². The van der Waals surface area contributed by atoms with Crippen molar-refractivity contribution in [2.75, 3.05) is 6.61 Å². The van der Waals surface area contributed by atoms with E-state index in [9.17, 15) is 0 Å². The molecular formula is C18H21N5O. The van der Waals surface area contributed by atoms with Crippen LogP contribution >= 0.6 is 0 Å². The summed E-state index contributed by atoms with van der Waals surface area (Å²) in [5, 5.41) is 3.72. The molecule has 0 saturated carbocycles. The number of nitrogens with two attached hydrogens (primary N) is 1. The first kappa shape index (κ1) is 16.1. The average molecular weight is 323 g/mol. The molecule has 0 spiro atoms. The molecule has 6 heteroatoms. The molecule has 0 fully saturated rings. The molecule has 1 aliphatic rings. The van der Waals surface area contributed by atoms with Gasteiger partial charge in [-0.3, -0.25) is 4.99 Å². The summed E-state index contributed by atoms with van der Waals surface area (Å²) in [6.07, 6.45) is 6.87. The zero-order valence-corrected chi connectivity index (χ0v) is 14.0. The molecule has 24 heavy (non-hydrogen) atoms. The molecule has 6 nitrogen and oxygen atoms in total. The monoisotopic (exact) mass is 323 g/mol. The van der Waals surface area contributed by atoms with E-state index < -0.39 is 0 Å². The van der Waals surface area contributed by atoms with Gasteiger partial charge in [0.05, 0.1) is 11.9 Å². The number of rotatable bonds is 5. The lowest BCUT2D eigenvalue weighted by Crippen LogP contribution is -2.16. The van der Waals surface area contributed by atoms with Gasteiger partial charge < -0.3 is 10.6 Å². The van der Waals surface area contributed by atoms with Crippen molar-refractivity contribution < 1.29 is 4.74 Å². The molecule has 0 aliphatic heterocycles. The van der Waals surface area contributed by atoms with Gasteiger partial charge in [0.25, 0.3) is 0 Å². The maximum atomic E-state index is 5.53. The lowest BCUT2D eigenvalue weighted by molar-refractivity contribution is 0.345. The number of benzene rings is 1. The summed E-state index contributed by atoms with van der Waals surface area (Å²) in [4.78, 5) is 12.8. The smallest absolute Gasteiger partial charge is 0.316 e. The molecule has 2 N–H and O–H groups in total. The Kier molecular flexibility index (Phi) is 4.84. The first-order valence-electron chi connectivity index (χ1n) is 8.01. The molecule has 1 heterocycles. The Morgan fingerprint density at radius 2 is 2.12 bits per heavy atom. The van der Waals surface area contributed by atoms with Gasteiger partial charge in [0.15, 0.2) is 0 Å². The Balaban J connectivity index is 1.63. The minimum absolute atomic E-state index is 0.174. The highest BCUT2D eigenvalue weighted by Crippen LogP contribution is 2.25. The number of hydrazone groups is 1. The van der Waals surface area contributed by atoms with Crippen molar-refractivity contribution >= 4 is 17.6 Å². The highest BCUT2D eigenvalue weighted by atomic mass is 16.5. The Bertz CT molecular complexity index is 798. The Labute approximate surface area is 141 Å². The number of aryl methyl sites for hydroxylation is 4. The minimum atomic E-state index is 0.174. The van der Waals surface area contributed by atoms with Crippen molar-refractivity contribution in [2.24, 2.45) is 15.9 Å². The number of aromatic nitrogens is 2. The summed E-state index contributed by atoms with van der Waals surface area (Å²) >= 11 is 0. The van der Waals surface area contributed by atoms with E-state index in [-0.39, 0.29) is 6.61 Å². The largest absolute Gasteiger partial charge is 0.457 e. The van der Waals surface area contributed by atoms with Crippen LogP contribution in [0.4, 0.5) is 5.69 Å². The highest BCUT2D eigenvalue weighted by Gasteiger charge is 2.10. The molecule has 0 amide bonds. The molecule has 3 rings (SSSR count). The van der Waals surface area contributed by atoms with Crippen LogP contribution in [-0.2, 0) is 12.8 Å². The number of ether oxygens (including phenoxy) is 1. The Hall–Kier alpha value is -2.76. The summed E-state index contributed by atoms with van der Waals surface area (Å²) in [7, 11) is 0. The van der Waals surface area contributed by atoms with Crippen molar-refractivity contribution in [3.63, 3.8) is 0 Å². The molecule has 0 bridgehead atoms. The predicted molar refractivity (Wildman–Crippen MR) is 95.2 cm³/mol. The van der Waals surface area contributed by atoms with Crippen LogP contribution < -0.4 is 10.6 Å². The van der Waals surface area contributed by atoms with Crippen molar-refractivity contribution in [2.45, 2.75) is 33.1 Å². The summed E-state index contributed by atoms with van der Waals surface area (Å²) < 4.78 is 5.53. The van der Waals surface area contributed by atoms with Crippen molar-refractivity contribution in [1.82, 2.24) is 9.97 Å². The van der Waals surface area contributed by atoms with E-state index in [1.807, 2.05) is 19.9 Å². The average Bonchev–Trinajstić information content (AvgIpc) is 3.06. The van der Waals surface area contributed by atoms with Crippen molar-refractivity contribution in [3.8, 4) is 6.01 Å². The van der Waals surface area contributed by atoms with Crippen molar-refractivity contribution in [3.05, 3.63) is 46.8 Å². The predicted octanol–water partition coefficient (Wildman–Crippen LogP) is 2.68. The lowest BCUT2D eigenvalue weighted by atomic mass is 10.1. The molecule has 1 aliphatic carbocycles. The molecule has 1 aromatic carbocycles. The molecule has 1 aromatic heterocycles. The summed E-state index contributed by atoms with van der Waals surface area (Å²) in [5.74, 6) is 5.42. The number of nitrogens with zero attached hydrogens (tertiary/aromatic N) is 4. The molecule has 2 aromatic rings. The van der Waals surface area contributed by atoms with E-state index in [4.69, 9.17) is 10.6 Å². The lowest BCUT2D eigenvalue weighted by Gasteiger charge is -2.05. The number of aliphatic imine (C=N–C) groups is 1. The van der Waals surface area contributed by atoms with Gasteiger partial charge in [0.2, 0.25) is 0 Å². The molecule has 0 radical (unpaired) electrons. The van der Waals surface area contributed by atoms with Gasteiger partial charge in [0, 0.05) is 11.9 Å². The van der Waals surface area contributed by atoms with Gasteiger partial charge in [-0.2, -0.15) is 5.10 Å². The quantitative estimate of drug-likeness (QED) is 0.521. The van der Waals surface area contributed by atoms with Gasteiger partial charge >= 0.3 is 6.01 Å². The molecule has 124 valence electrons. The van der Waals surface area contributed by atoms with Gasteiger partial charge in [-0.05, 0) is 61.9 Å². The third kappa shape index (κ3) is 3.76. The van der Waals surface area contributed by atoms with Crippen LogP contribution in [0.25, 0.3) is 0 Å². The Morgan fingerprint density at radius 3 is 2.92 bits per heavy atom. The van der Waals surface area contributed by atoms with Gasteiger partial charge in [-0.15, -0.1) is 0 Å². The summed E-state index contributed by atoms with van der Waals surface area (Å²) in [6.45, 7) is 4.04. The number of fused-ring (bicyclic) bond motifs is 1. The second kappa shape index (κ2) is 7.21. The second-order valence-electron chi connectivity index (χ2n) is 5.89. The van der Waals surface area contributed by atoms with Gasteiger partial charge in [-0.1, -0.05) is 6.07 Å². The Morgan fingerprint density at radius 1 is 1.29 bits per heavy atom. The molecule has 0 unspecified atom stereocenters. The van der Waals surface area contributed by atoms with E-state index in [0.29, 0.717) is 11.7 Å². The van der Waals surface area contributed by atoms with Crippen LogP contribution in [0.2, 0.25) is 0 Å². The summed E-state index contributed by atoms with van der Waals surface area (Å²) in [5.41, 5.74) is 6.15. The maximum Gasteiger partial charge on any atom is 0.316 e. The first-order valence-corrected chi connectivity index (χ1v) is 8.01. The van der Waals surface area contributed by atoms with Crippen LogP contribution in [0, 0.1) is 13.8 Å². The standard InChI is InChI=1S/C18H21N5O/c1-12-9-21-18(22-13(12)2)24-11-17(23-19)10-20-16-7-6-14-4-3-5-15(14)8-16/h6-10H,3-5,11,19H2,1-2H3. The SMILES string of the molecule is Cc1cnc(OCC(C=Nc2ccc3c(c2)CCC3)=NN)nc1C. The van der Waals surface area contributed by atoms with Crippen LogP contribution in [0.15, 0.2) is 34.5 Å². The topological polar surface area (TPSA) is 85.8 Å². The summed E-state index contributed by atoms with van der Waals surface area (Å²) in [6, 6.07) is 6.60. The number of hydrogen-bond acceptors (Lipinski definition) is 6. The van der Waals surface area contributed by atoms with E-state index >= 15 is 0 Å². The van der Waals surface area contributed by atoms with E-state index in [1.54, 1.807) is 12.4 Å². The maximum absolute atomic E-state index is 5.53. The molecule has 0 saturated heterocycles. The van der Waals surface area contributed by atoms with E-state index in [0.717, 1.165) is 23.4 Å². The molecular weight excluding hydrogens is 302 g/mol. The third-order valence-electron chi connectivity index (χ3n) is 4.16. The fraction of sp³-hybridized carbons (Fsp3) is 0.333. The third-order valence-corrected chi connectivity index (χ3v) is 4.16. The van der Waals surface area contributed by atoms with Gasteiger partial charge in [0.1, 0.15) is 12.3 Å². The van der Waals surface area contributed by atoms with Crippen LogP contribution in [0.1, 0.15) is 28.8 Å². The minimum Gasteiger partial charge on any atom is -0.457 e. The second-order valence-corrected chi connectivity index (χ2v) is 5.89. The zero-order chi connectivity index (χ0) is 16.9. The number of hydrogen-bond donors (Lipinski definition) is 1. The highest BCUT2D eigenvalue weighted by molar-refractivity contribution is 6.31. The van der Waals surface area contributed by atoms with Crippen molar-refractivity contribution in [1.29, 1.82) is 0 Å². The van der Waals surface area contributed by atoms with Gasteiger partial charge in [-0.25, -0.2) is 9.97 Å². The fourth-order valence-corrected chi connectivity index (χ4v) is 2.61.